The maximum Gasteiger partial charge on any atom is 0.243 e. The second-order valence-corrected chi connectivity index (χ2v) is 8.24. The lowest BCUT2D eigenvalue weighted by Crippen LogP contribution is -2.48. The van der Waals surface area contributed by atoms with Crippen molar-refractivity contribution in [2.75, 3.05) is 4.90 Å². The molecule has 2 bridgehead atoms. The summed E-state index contributed by atoms with van der Waals surface area (Å²) in [5.41, 5.74) is 1.44. The van der Waals surface area contributed by atoms with Crippen molar-refractivity contribution < 1.29 is 14.3 Å². The van der Waals surface area contributed by atoms with Crippen LogP contribution in [0.25, 0.3) is 0 Å². The standard InChI is InChI=1S/C22H22N2O3.ClH/c1-21-17-7-8-18(27-17)22(21,2)20(26)24(19(21)25)16-5-3-14(4-6-16)13-15-9-11-23-12-10-15;/h3-6,9-12,17-18H,7-8,13H2,1-2H3;1H/t17-,18+,21+,22-;. The highest BCUT2D eigenvalue weighted by Gasteiger charge is 2.77. The number of carbonyl (C=O) groups excluding carboxylic acids is 2. The molecule has 0 unspecified atom stereocenters. The van der Waals surface area contributed by atoms with Crippen LogP contribution in [0.4, 0.5) is 5.69 Å². The quantitative estimate of drug-likeness (QED) is 0.742. The molecule has 5 nitrogen and oxygen atoms in total. The zero-order valence-electron chi connectivity index (χ0n) is 15.9. The first kappa shape index (κ1) is 19.1. The summed E-state index contributed by atoms with van der Waals surface area (Å²) in [7, 11) is 0. The fourth-order valence-electron chi connectivity index (χ4n) is 5.17. The topological polar surface area (TPSA) is 59.5 Å². The smallest absolute Gasteiger partial charge is 0.243 e. The van der Waals surface area contributed by atoms with Gasteiger partial charge in [0, 0.05) is 12.4 Å². The summed E-state index contributed by atoms with van der Waals surface area (Å²) in [5.74, 6) is -0.242. The Bertz CT molecular complexity index is 899. The fourth-order valence-corrected chi connectivity index (χ4v) is 5.17. The number of anilines is 1. The number of hydrogen-bond acceptors (Lipinski definition) is 4. The SMILES string of the molecule is C[C@@]12C(=O)N(c3ccc(Cc4ccncc4)cc3)C(=O)[C@]1(C)[C@H]1CC[C@@H]2O1.Cl. The minimum Gasteiger partial charge on any atom is -0.373 e. The van der Waals surface area contributed by atoms with Gasteiger partial charge in [0.2, 0.25) is 11.8 Å². The number of carbonyl (C=O) groups is 2. The van der Waals surface area contributed by atoms with E-state index in [9.17, 15) is 9.59 Å². The number of hydrogen-bond donors (Lipinski definition) is 0. The molecule has 1 aromatic heterocycles. The molecular weight excluding hydrogens is 376 g/mol. The zero-order valence-corrected chi connectivity index (χ0v) is 16.7. The Balaban J connectivity index is 0.00000192. The van der Waals surface area contributed by atoms with Crippen molar-refractivity contribution in [2.45, 2.75) is 45.3 Å². The van der Waals surface area contributed by atoms with E-state index in [1.807, 2.05) is 50.2 Å². The van der Waals surface area contributed by atoms with Crippen LogP contribution in [-0.2, 0) is 20.7 Å². The Kier molecular flexibility index (Phi) is 4.36. The zero-order chi connectivity index (χ0) is 18.8. The van der Waals surface area contributed by atoms with Crippen LogP contribution < -0.4 is 4.90 Å². The molecule has 2 amide bonds. The number of rotatable bonds is 3. The minimum absolute atomic E-state index is 0. The molecule has 3 fully saturated rings. The second kappa shape index (κ2) is 6.39. The van der Waals surface area contributed by atoms with Crippen molar-refractivity contribution >= 4 is 29.9 Å². The number of halogens is 1. The van der Waals surface area contributed by atoms with Gasteiger partial charge in [-0.25, -0.2) is 4.90 Å². The highest BCUT2D eigenvalue weighted by atomic mass is 35.5. The van der Waals surface area contributed by atoms with Crippen molar-refractivity contribution in [1.29, 1.82) is 0 Å². The molecule has 0 aliphatic carbocycles. The predicted molar refractivity (Wildman–Crippen MR) is 107 cm³/mol. The number of fused-ring (bicyclic) bond motifs is 5. The normalized spacial score (nSPS) is 33.1. The van der Waals surface area contributed by atoms with Gasteiger partial charge in [-0.3, -0.25) is 14.6 Å². The lowest BCUT2D eigenvalue weighted by molar-refractivity contribution is -0.132. The maximum absolute atomic E-state index is 13.3. The van der Waals surface area contributed by atoms with Crippen molar-refractivity contribution in [3.05, 3.63) is 59.9 Å². The maximum atomic E-state index is 13.3. The molecule has 4 heterocycles. The summed E-state index contributed by atoms with van der Waals surface area (Å²) >= 11 is 0. The van der Waals surface area contributed by atoms with E-state index in [4.69, 9.17) is 4.74 Å². The van der Waals surface area contributed by atoms with Gasteiger partial charge < -0.3 is 4.74 Å². The Morgan fingerprint density at radius 3 is 1.96 bits per heavy atom. The van der Waals surface area contributed by atoms with Crippen LogP contribution in [0.1, 0.15) is 37.8 Å². The number of nitrogens with zero attached hydrogens (tertiary/aromatic N) is 2. The largest absolute Gasteiger partial charge is 0.373 e. The Morgan fingerprint density at radius 2 is 1.43 bits per heavy atom. The first-order valence-corrected chi connectivity index (χ1v) is 9.48. The molecule has 3 aliphatic heterocycles. The number of amides is 2. The first-order valence-electron chi connectivity index (χ1n) is 9.48. The summed E-state index contributed by atoms with van der Waals surface area (Å²) < 4.78 is 5.98. The average Bonchev–Trinajstić information content (AvgIpc) is 3.30. The van der Waals surface area contributed by atoms with Gasteiger partial charge in [-0.15, -0.1) is 12.4 Å². The number of pyridine rings is 1. The summed E-state index contributed by atoms with van der Waals surface area (Å²) in [4.78, 5) is 32.0. The minimum atomic E-state index is -0.761. The molecule has 4 atom stereocenters. The fraction of sp³-hybridized carbons (Fsp3) is 0.409. The third-order valence-electron chi connectivity index (χ3n) is 7.03. The summed E-state index contributed by atoms with van der Waals surface area (Å²) in [6.07, 6.45) is 5.75. The average molecular weight is 399 g/mol. The van der Waals surface area contributed by atoms with E-state index in [2.05, 4.69) is 4.98 Å². The van der Waals surface area contributed by atoms with Gasteiger partial charge in [-0.1, -0.05) is 12.1 Å². The Labute approximate surface area is 170 Å². The van der Waals surface area contributed by atoms with Gasteiger partial charge in [-0.2, -0.15) is 0 Å². The van der Waals surface area contributed by atoms with Crippen LogP contribution in [0, 0.1) is 10.8 Å². The molecule has 2 aromatic rings. The third-order valence-corrected chi connectivity index (χ3v) is 7.03. The van der Waals surface area contributed by atoms with Crippen LogP contribution in [-0.4, -0.2) is 29.0 Å². The van der Waals surface area contributed by atoms with Gasteiger partial charge in [0.05, 0.1) is 28.7 Å². The third kappa shape index (κ3) is 2.26. The van der Waals surface area contributed by atoms with E-state index >= 15 is 0 Å². The lowest BCUT2D eigenvalue weighted by atomic mass is 9.59. The highest BCUT2D eigenvalue weighted by molar-refractivity contribution is 6.26. The van der Waals surface area contributed by atoms with Crippen molar-refractivity contribution in [3.63, 3.8) is 0 Å². The molecule has 146 valence electrons. The molecule has 3 aliphatic rings. The second-order valence-electron chi connectivity index (χ2n) is 8.24. The van der Waals surface area contributed by atoms with Gasteiger partial charge in [0.25, 0.3) is 0 Å². The van der Waals surface area contributed by atoms with Gasteiger partial charge in [0.15, 0.2) is 0 Å². The monoisotopic (exact) mass is 398 g/mol. The molecule has 3 saturated heterocycles. The van der Waals surface area contributed by atoms with E-state index in [0.717, 1.165) is 24.8 Å². The van der Waals surface area contributed by atoms with Crippen molar-refractivity contribution in [2.24, 2.45) is 10.8 Å². The molecule has 5 rings (SSSR count). The van der Waals surface area contributed by atoms with Crippen LogP contribution in [0.15, 0.2) is 48.8 Å². The number of benzene rings is 1. The summed E-state index contributed by atoms with van der Waals surface area (Å²) in [5, 5.41) is 0. The van der Waals surface area contributed by atoms with Crippen LogP contribution >= 0.6 is 12.4 Å². The molecule has 0 spiro atoms. The van der Waals surface area contributed by atoms with E-state index in [1.54, 1.807) is 12.4 Å². The van der Waals surface area contributed by atoms with Crippen LogP contribution in [0.2, 0.25) is 0 Å². The molecular formula is C22H23ClN2O3. The number of aromatic nitrogens is 1. The van der Waals surface area contributed by atoms with Crippen LogP contribution in [0.3, 0.4) is 0 Å². The van der Waals surface area contributed by atoms with Crippen LogP contribution in [0.5, 0.6) is 0 Å². The first-order chi connectivity index (χ1) is 13.0. The summed E-state index contributed by atoms with van der Waals surface area (Å²) in [6.45, 7) is 3.82. The molecule has 0 radical (unpaired) electrons. The van der Waals surface area contributed by atoms with Crippen molar-refractivity contribution in [3.8, 4) is 0 Å². The Morgan fingerprint density at radius 1 is 0.929 bits per heavy atom. The molecule has 0 N–H and O–H groups in total. The van der Waals surface area contributed by atoms with E-state index in [-0.39, 0.29) is 36.4 Å². The molecule has 28 heavy (non-hydrogen) atoms. The van der Waals surface area contributed by atoms with E-state index < -0.39 is 10.8 Å². The van der Waals surface area contributed by atoms with Crippen molar-refractivity contribution in [1.82, 2.24) is 4.98 Å². The highest BCUT2D eigenvalue weighted by Crippen LogP contribution is 2.64. The molecule has 1 aromatic carbocycles. The number of ether oxygens (including phenoxy) is 1. The van der Waals surface area contributed by atoms with Gasteiger partial charge >= 0.3 is 0 Å². The van der Waals surface area contributed by atoms with Gasteiger partial charge in [0.1, 0.15) is 0 Å². The van der Waals surface area contributed by atoms with E-state index in [0.29, 0.717) is 5.69 Å². The molecule has 0 saturated carbocycles. The van der Waals surface area contributed by atoms with E-state index in [1.165, 1.54) is 10.5 Å². The lowest BCUT2D eigenvalue weighted by Gasteiger charge is -2.36. The molecule has 6 heteroatoms. The predicted octanol–water partition coefficient (Wildman–Crippen LogP) is 3.54. The van der Waals surface area contributed by atoms with Gasteiger partial charge in [-0.05, 0) is 68.5 Å². The summed E-state index contributed by atoms with van der Waals surface area (Å²) in [6, 6.07) is 11.7. The Hall–Kier alpha value is -2.24. The number of imide groups is 1.